The molecule has 0 aliphatic heterocycles. The van der Waals surface area contributed by atoms with Crippen LogP contribution >= 0.6 is 0 Å². The van der Waals surface area contributed by atoms with Gasteiger partial charge >= 0.3 is 0 Å². The Morgan fingerprint density at radius 1 is 0.821 bits per heavy atom. The van der Waals surface area contributed by atoms with Crippen LogP contribution in [0.5, 0.6) is 0 Å². The molecule has 0 saturated heterocycles. The van der Waals surface area contributed by atoms with Crippen molar-refractivity contribution < 1.29 is 9.59 Å². The first-order valence-electron chi connectivity index (χ1n) is 9.16. The smallest absolute Gasteiger partial charge is 0.251 e. The summed E-state index contributed by atoms with van der Waals surface area (Å²) in [5, 5.41) is 5.73. The number of nitrogens with two attached hydrogens (primary N) is 1. The summed E-state index contributed by atoms with van der Waals surface area (Å²) in [7, 11) is 0. The maximum atomic E-state index is 12.2. The van der Waals surface area contributed by atoms with Crippen molar-refractivity contribution in [3.8, 4) is 0 Å². The number of aryl methyl sites for hydroxylation is 1. The molecule has 0 fully saturated rings. The second-order valence-electron chi connectivity index (χ2n) is 6.54. The molecule has 3 aromatic rings. The highest BCUT2D eigenvalue weighted by molar-refractivity contribution is 5.95. The fraction of sp³-hybridized carbons (Fsp3) is 0.130. The molecule has 28 heavy (non-hydrogen) atoms. The zero-order valence-corrected chi connectivity index (χ0v) is 15.5. The maximum absolute atomic E-state index is 12.2. The van der Waals surface area contributed by atoms with Gasteiger partial charge in [0.2, 0.25) is 5.91 Å². The van der Waals surface area contributed by atoms with Crippen LogP contribution < -0.4 is 16.4 Å². The number of hydrogen-bond acceptors (Lipinski definition) is 3. The number of nitrogens with one attached hydrogen (secondary N) is 2. The average Bonchev–Trinajstić information content (AvgIpc) is 2.72. The van der Waals surface area contributed by atoms with E-state index in [0.717, 1.165) is 11.1 Å². The fourth-order valence-electron chi connectivity index (χ4n) is 2.82. The molecular formula is C23H23N3O2. The third-order valence-electron chi connectivity index (χ3n) is 4.32. The molecule has 0 aliphatic rings. The van der Waals surface area contributed by atoms with Crippen molar-refractivity contribution in [3.63, 3.8) is 0 Å². The van der Waals surface area contributed by atoms with Crippen molar-refractivity contribution in [2.45, 2.75) is 19.4 Å². The number of benzene rings is 3. The van der Waals surface area contributed by atoms with Crippen LogP contribution in [0.1, 0.15) is 27.9 Å². The molecule has 0 heterocycles. The van der Waals surface area contributed by atoms with Gasteiger partial charge in [-0.25, -0.2) is 0 Å². The first kappa shape index (κ1) is 19.2. The van der Waals surface area contributed by atoms with Gasteiger partial charge in [-0.05, 0) is 53.9 Å². The zero-order valence-electron chi connectivity index (χ0n) is 15.5. The second kappa shape index (κ2) is 9.37. The highest BCUT2D eigenvalue weighted by Gasteiger charge is 2.07. The molecule has 0 bridgehead atoms. The lowest BCUT2D eigenvalue weighted by Crippen LogP contribution is -2.22. The van der Waals surface area contributed by atoms with Crippen LogP contribution in [0.4, 0.5) is 11.4 Å². The van der Waals surface area contributed by atoms with E-state index in [1.165, 1.54) is 0 Å². The van der Waals surface area contributed by atoms with E-state index in [-0.39, 0.29) is 11.8 Å². The first-order chi connectivity index (χ1) is 13.6. The molecular weight excluding hydrogens is 350 g/mol. The number of anilines is 2. The standard InChI is InChI=1S/C23H23N3O2/c24-20-8-4-7-17(15-20)9-14-22(27)26-21-12-10-19(11-13-21)23(28)25-16-18-5-2-1-3-6-18/h1-8,10-13,15H,9,14,16,24H2,(H,25,28)(H,26,27). The Morgan fingerprint density at radius 2 is 1.54 bits per heavy atom. The van der Waals surface area contributed by atoms with Crippen LogP contribution in [-0.4, -0.2) is 11.8 Å². The molecule has 0 saturated carbocycles. The second-order valence-corrected chi connectivity index (χ2v) is 6.54. The summed E-state index contributed by atoms with van der Waals surface area (Å²) in [4.78, 5) is 24.4. The lowest BCUT2D eigenvalue weighted by molar-refractivity contribution is -0.116. The Bertz CT molecular complexity index is 938. The SMILES string of the molecule is Nc1cccc(CCC(=O)Nc2ccc(C(=O)NCc3ccccc3)cc2)c1. The lowest BCUT2D eigenvalue weighted by atomic mass is 10.1. The van der Waals surface area contributed by atoms with E-state index in [9.17, 15) is 9.59 Å². The molecule has 5 nitrogen and oxygen atoms in total. The Balaban J connectivity index is 1.48. The monoisotopic (exact) mass is 373 g/mol. The molecule has 5 heteroatoms. The van der Waals surface area contributed by atoms with E-state index in [2.05, 4.69) is 10.6 Å². The van der Waals surface area contributed by atoms with Crippen LogP contribution in [0.3, 0.4) is 0 Å². The largest absolute Gasteiger partial charge is 0.399 e. The number of carbonyl (C=O) groups excluding carboxylic acids is 2. The highest BCUT2D eigenvalue weighted by Crippen LogP contribution is 2.12. The number of carbonyl (C=O) groups is 2. The molecule has 2 amide bonds. The van der Waals surface area contributed by atoms with Crippen molar-refractivity contribution in [1.82, 2.24) is 5.32 Å². The van der Waals surface area contributed by atoms with E-state index in [1.54, 1.807) is 24.3 Å². The molecule has 0 spiro atoms. The molecule has 0 atom stereocenters. The fourth-order valence-corrected chi connectivity index (χ4v) is 2.82. The summed E-state index contributed by atoms with van der Waals surface area (Å²) in [5.41, 5.74) is 9.73. The summed E-state index contributed by atoms with van der Waals surface area (Å²) in [6, 6.07) is 24.1. The quantitative estimate of drug-likeness (QED) is 0.551. The molecule has 3 aromatic carbocycles. The maximum Gasteiger partial charge on any atom is 0.251 e. The van der Waals surface area contributed by atoms with E-state index < -0.39 is 0 Å². The average molecular weight is 373 g/mol. The number of hydrogen-bond donors (Lipinski definition) is 3. The van der Waals surface area contributed by atoms with Gasteiger partial charge < -0.3 is 16.4 Å². The van der Waals surface area contributed by atoms with E-state index >= 15 is 0 Å². The number of nitrogen functional groups attached to an aromatic ring is 1. The third kappa shape index (κ3) is 5.71. The Labute approximate surface area is 164 Å². The summed E-state index contributed by atoms with van der Waals surface area (Å²) in [6.45, 7) is 0.474. The molecule has 0 aliphatic carbocycles. The lowest BCUT2D eigenvalue weighted by Gasteiger charge is -2.08. The Hall–Kier alpha value is -3.60. The molecule has 3 rings (SSSR count). The van der Waals surface area contributed by atoms with Crippen LogP contribution in [0.15, 0.2) is 78.9 Å². The van der Waals surface area contributed by atoms with Crippen molar-refractivity contribution in [1.29, 1.82) is 0 Å². The number of rotatable bonds is 7. The summed E-state index contributed by atoms with van der Waals surface area (Å²) >= 11 is 0. The van der Waals surface area contributed by atoms with Gasteiger partial charge in [-0.3, -0.25) is 9.59 Å². The van der Waals surface area contributed by atoms with E-state index in [0.29, 0.717) is 36.3 Å². The van der Waals surface area contributed by atoms with Crippen molar-refractivity contribution in [2.75, 3.05) is 11.1 Å². The summed E-state index contributed by atoms with van der Waals surface area (Å²) in [5.74, 6) is -0.230. The van der Waals surface area contributed by atoms with Gasteiger partial charge in [-0.1, -0.05) is 42.5 Å². The minimum atomic E-state index is -0.150. The molecule has 0 radical (unpaired) electrons. The van der Waals surface area contributed by atoms with Crippen LogP contribution in [0, 0.1) is 0 Å². The highest BCUT2D eigenvalue weighted by atomic mass is 16.2. The van der Waals surface area contributed by atoms with Gasteiger partial charge in [0, 0.05) is 29.9 Å². The predicted octanol–water partition coefficient (Wildman–Crippen LogP) is 3.77. The number of amides is 2. The minimum absolute atomic E-state index is 0.0799. The minimum Gasteiger partial charge on any atom is -0.399 e. The Kier molecular flexibility index (Phi) is 6.41. The van der Waals surface area contributed by atoms with Gasteiger partial charge in [-0.15, -0.1) is 0 Å². The summed E-state index contributed by atoms with van der Waals surface area (Å²) in [6.07, 6.45) is 0.986. The topological polar surface area (TPSA) is 84.2 Å². The van der Waals surface area contributed by atoms with Crippen molar-refractivity contribution in [2.24, 2.45) is 0 Å². The van der Waals surface area contributed by atoms with Gasteiger partial charge in [0.1, 0.15) is 0 Å². The van der Waals surface area contributed by atoms with Crippen molar-refractivity contribution >= 4 is 23.2 Å². The third-order valence-corrected chi connectivity index (χ3v) is 4.32. The molecule has 4 N–H and O–H groups in total. The predicted molar refractivity (Wildman–Crippen MR) is 112 cm³/mol. The summed E-state index contributed by atoms with van der Waals surface area (Å²) < 4.78 is 0. The zero-order chi connectivity index (χ0) is 19.8. The molecule has 142 valence electrons. The van der Waals surface area contributed by atoms with Gasteiger partial charge in [0.15, 0.2) is 0 Å². The van der Waals surface area contributed by atoms with Crippen LogP contribution in [0.2, 0.25) is 0 Å². The van der Waals surface area contributed by atoms with Crippen LogP contribution in [-0.2, 0) is 17.8 Å². The van der Waals surface area contributed by atoms with Crippen molar-refractivity contribution in [3.05, 3.63) is 95.6 Å². The van der Waals surface area contributed by atoms with Gasteiger partial charge in [0.25, 0.3) is 5.91 Å². The van der Waals surface area contributed by atoms with Gasteiger partial charge in [0.05, 0.1) is 0 Å². The first-order valence-corrected chi connectivity index (χ1v) is 9.16. The Morgan fingerprint density at radius 3 is 2.25 bits per heavy atom. The normalized spacial score (nSPS) is 10.3. The van der Waals surface area contributed by atoms with E-state index in [1.807, 2.05) is 54.6 Å². The van der Waals surface area contributed by atoms with E-state index in [4.69, 9.17) is 5.73 Å². The molecule has 0 unspecified atom stereocenters. The van der Waals surface area contributed by atoms with Crippen LogP contribution in [0.25, 0.3) is 0 Å². The van der Waals surface area contributed by atoms with Gasteiger partial charge in [-0.2, -0.15) is 0 Å². The molecule has 0 aromatic heterocycles.